The minimum absolute atomic E-state index is 0.125. The van der Waals surface area contributed by atoms with Gasteiger partial charge in [0.2, 0.25) is 5.78 Å². The molecule has 2 aliphatic rings. The second kappa shape index (κ2) is 10.1. The van der Waals surface area contributed by atoms with Crippen molar-refractivity contribution in [1.82, 2.24) is 9.91 Å². The molecule has 0 bridgehead atoms. The summed E-state index contributed by atoms with van der Waals surface area (Å²) in [6, 6.07) is 22.1. The number of sulfone groups is 1. The van der Waals surface area contributed by atoms with Crippen molar-refractivity contribution in [3.8, 4) is 5.75 Å². The third-order valence-corrected chi connectivity index (χ3v) is 8.21. The largest absolute Gasteiger partial charge is 0.461 e. The van der Waals surface area contributed by atoms with Crippen molar-refractivity contribution < 1.29 is 17.9 Å². The highest BCUT2D eigenvalue weighted by atomic mass is 32.2. The second-order valence-electron chi connectivity index (χ2n) is 9.47. The summed E-state index contributed by atoms with van der Waals surface area (Å²) in [4.78, 5) is 16.1. The summed E-state index contributed by atoms with van der Waals surface area (Å²) >= 11 is 0. The Morgan fingerprint density at radius 3 is 2.32 bits per heavy atom. The van der Waals surface area contributed by atoms with Crippen LogP contribution in [-0.4, -0.2) is 55.4 Å². The molecule has 2 heterocycles. The van der Waals surface area contributed by atoms with Crippen molar-refractivity contribution >= 4 is 21.3 Å². The van der Waals surface area contributed by atoms with Crippen LogP contribution in [0.25, 0.3) is 0 Å². The Hall–Kier alpha value is -3.49. The van der Waals surface area contributed by atoms with Gasteiger partial charge in [0, 0.05) is 30.3 Å². The lowest BCUT2D eigenvalue weighted by atomic mass is 9.95. The van der Waals surface area contributed by atoms with E-state index in [4.69, 9.17) is 9.84 Å². The van der Waals surface area contributed by atoms with Crippen LogP contribution in [0.4, 0.5) is 0 Å². The summed E-state index contributed by atoms with van der Waals surface area (Å²) < 4.78 is 29.9. The van der Waals surface area contributed by atoms with Gasteiger partial charge in [-0.15, -0.1) is 0 Å². The molecule has 8 heteroatoms. The topological polar surface area (TPSA) is 79.3 Å². The standard InChI is InChI=1S/C29H31N3O4S/c1-4-31(5-2)19-20-10-12-21(13-11-20)25-18-26-24-8-6-7-9-27(24)36-29(32(26)30-25)28(33)22-14-16-23(17-15-22)37(3,34)35/h6-17,26,29H,4-5,18-19H2,1-3H3. The fourth-order valence-electron chi connectivity index (χ4n) is 4.90. The van der Waals surface area contributed by atoms with Gasteiger partial charge in [-0.05, 0) is 54.5 Å². The van der Waals surface area contributed by atoms with Gasteiger partial charge in [-0.3, -0.25) is 9.69 Å². The van der Waals surface area contributed by atoms with Crippen molar-refractivity contribution in [2.45, 2.75) is 44.0 Å². The van der Waals surface area contributed by atoms with Crippen molar-refractivity contribution in [2.75, 3.05) is 19.3 Å². The second-order valence-corrected chi connectivity index (χ2v) is 11.5. The molecule has 0 spiro atoms. The lowest BCUT2D eigenvalue weighted by Gasteiger charge is -2.37. The molecular formula is C29H31N3O4S. The maximum absolute atomic E-state index is 13.6. The Kier molecular flexibility index (Phi) is 6.88. The van der Waals surface area contributed by atoms with E-state index in [9.17, 15) is 13.2 Å². The number of rotatable bonds is 8. The molecule has 192 valence electrons. The number of nitrogens with zero attached hydrogens (tertiary/aromatic N) is 3. The van der Waals surface area contributed by atoms with Crippen LogP contribution < -0.4 is 4.74 Å². The maximum Gasteiger partial charge on any atom is 0.251 e. The van der Waals surface area contributed by atoms with Crippen LogP contribution in [0.1, 0.15) is 53.4 Å². The zero-order valence-corrected chi connectivity index (χ0v) is 22.1. The fraction of sp³-hybridized carbons (Fsp3) is 0.310. The number of carbonyl (C=O) groups is 1. The summed E-state index contributed by atoms with van der Waals surface area (Å²) in [6.45, 7) is 7.25. The van der Waals surface area contributed by atoms with Crippen LogP contribution in [-0.2, 0) is 16.4 Å². The molecule has 37 heavy (non-hydrogen) atoms. The molecule has 5 rings (SSSR count). The van der Waals surface area contributed by atoms with E-state index >= 15 is 0 Å². The highest BCUT2D eigenvalue weighted by Gasteiger charge is 2.43. The monoisotopic (exact) mass is 517 g/mol. The summed E-state index contributed by atoms with van der Waals surface area (Å²) in [6.07, 6.45) is 0.863. The van der Waals surface area contributed by atoms with Crippen LogP contribution in [0.5, 0.6) is 5.75 Å². The summed E-state index contributed by atoms with van der Waals surface area (Å²) in [5.74, 6) is 0.403. The zero-order chi connectivity index (χ0) is 26.2. The molecule has 2 unspecified atom stereocenters. The molecule has 7 nitrogen and oxygen atoms in total. The first kappa shape index (κ1) is 25.2. The molecule has 2 atom stereocenters. The number of hydrogen-bond acceptors (Lipinski definition) is 7. The third kappa shape index (κ3) is 5.04. The number of para-hydroxylation sites is 1. The molecule has 3 aromatic carbocycles. The van der Waals surface area contributed by atoms with Crippen LogP contribution in [0, 0.1) is 0 Å². The average molecular weight is 518 g/mol. The fourth-order valence-corrected chi connectivity index (χ4v) is 5.53. The van der Waals surface area contributed by atoms with Crippen LogP contribution in [0.15, 0.2) is 82.8 Å². The third-order valence-electron chi connectivity index (χ3n) is 7.08. The number of Topliss-reactive ketones (excluding diaryl/α,β-unsaturated/α-hetero) is 1. The molecule has 2 aliphatic heterocycles. The molecule has 0 saturated heterocycles. The molecule has 0 fully saturated rings. The van der Waals surface area contributed by atoms with Crippen LogP contribution >= 0.6 is 0 Å². The number of carbonyl (C=O) groups excluding carboxylic acids is 1. The Labute approximate surface area is 218 Å². The number of hydrazone groups is 1. The quantitative estimate of drug-likeness (QED) is 0.404. The number of benzene rings is 3. The Morgan fingerprint density at radius 1 is 1.00 bits per heavy atom. The Bertz CT molecular complexity index is 1430. The van der Waals surface area contributed by atoms with Crippen molar-refractivity contribution in [1.29, 1.82) is 0 Å². The first-order chi connectivity index (χ1) is 17.8. The van der Waals surface area contributed by atoms with Gasteiger partial charge in [-0.2, -0.15) is 5.10 Å². The highest BCUT2D eigenvalue weighted by Crippen LogP contribution is 2.43. The van der Waals surface area contributed by atoms with Gasteiger partial charge in [-0.25, -0.2) is 13.4 Å². The van der Waals surface area contributed by atoms with Crippen molar-refractivity contribution in [3.05, 3.63) is 95.1 Å². The summed E-state index contributed by atoms with van der Waals surface area (Å²) in [5.41, 5.74) is 4.56. The molecule has 0 amide bonds. The first-order valence-corrected chi connectivity index (χ1v) is 14.4. The molecule has 0 radical (unpaired) electrons. The summed E-state index contributed by atoms with van der Waals surface area (Å²) in [5, 5.41) is 6.64. The smallest absolute Gasteiger partial charge is 0.251 e. The molecular weight excluding hydrogens is 486 g/mol. The van der Waals surface area contributed by atoms with Gasteiger partial charge in [0.05, 0.1) is 16.6 Å². The summed E-state index contributed by atoms with van der Waals surface area (Å²) in [7, 11) is -3.35. The number of fused-ring (bicyclic) bond motifs is 3. The van der Waals surface area contributed by atoms with Gasteiger partial charge in [0.1, 0.15) is 5.75 Å². The predicted molar refractivity (Wildman–Crippen MR) is 144 cm³/mol. The van der Waals surface area contributed by atoms with E-state index in [0.29, 0.717) is 17.7 Å². The molecule has 0 saturated carbocycles. The van der Waals surface area contributed by atoms with E-state index in [1.54, 1.807) is 5.01 Å². The van der Waals surface area contributed by atoms with Crippen LogP contribution in [0.2, 0.25) is 0 Å². The molecule has 0 aromatic heterocycles. The van der Waals surface area contributed by atoms with E-state index in [0.717, 1.165) is 42.7 Å². The van der Waals surface area contributed by atoms with E-state index in [2.05, 4.69) is 43.0 Å². The molecule has 0 N–H and O–H groups in total. The van der Waals surface area contributed by atoms with Gasteiger partial charge >= 0.3 is 0 Å². The maximum atomic E-state index is 13.6. The molecule has 3 aromatic rings. The normalized spacial score (nSPS) is 18.7. The zero-order valence-electron chi connectivity index (χ0n) is 21.3. The SMILES string of the molecule is CCN(CC)Cc1ccc(C2=NN3C(C(=O)c4ccc(S(C)(=O)=O)cc4)Oc4ccccc4C3C2)cc1. The minimum Gasteiger partial charge on any atom is -0.461 e. The van der Waals surface area contributed by atoms with Crippen LogP contribution in [0.3, 0.4) is 0 Å². The van der Waals surface area contributed by atoms with E-state index in [1.807, 2.05) is 24.3 Å². The number of ether oxygens (including phenoxy) is 1. The van der Waals surface area contributed by atoms with E-state index in [-0.39, 0.29) is 16.7 Å². The predicted octanol–water partition coefficient (Wildman–Crippen LogP) is 4.68. The van der Waals surface area contributed by atoms with Gasteiger partial charge in [-0.1, -0.05) is 56.3 Å². The Balaban J connectivity index is 1.44. The highest BCUT2D eigenvalue weighted by molar-refractivity contribution is 7.90. The van der Waals surface area contributed by atoms with Gasteiger partial charge in [0.25, 0.3) is 6.23 Å². The van der Waals surface area contributed by atoms with Gasteiger partial charge < -0.3 is 4.74 Å². The lowest BCUT2D eigenvalue weighted by molar-refractivity contribution is -0.00456. The molecule has 0 aliphatic carbocycles. The minimum atomic E-state index is -3.35. The lowest BCUT2D eigenvalue weighted by Crippen LogP contribution is -2.45. The van der Waals surface area contributed by atoms with Crippen molar-refractivity contribution in [3.63, 3.8) is 0 Å². The number of ketones is 1. The number of hydrogen-bond donors (Lipinski definition) is 0. The first-order valence-electron chi connectivity index (χ1n) is 12.6. The average Bonchev–Trinajstić information content (AvgIpc) is 3.36. The van der Waals surface area contributed by atoms with Crippen molar-refractivity contribution in [2.24, 2.45) is 5.10 Å². The van der Waals surface area contributed by atoms with E-state index < -0.39 is 16.1 Å². The van der Waals surface area contributed by atoms with Gasteiger partial charge in [0.15, 0.2) is 9.84 Å². The Morgan fingerprint density at radius 2 is 1.68 bits per heavy atom. The van der Waals surface area contributed by atoms with E-state index in [1.165, 1.54) is 29.8 Å².